The smallest absolute Gasteiger partial charge is 0.303 e. The van der Waals surface area contributed by atoms with Crippen molar-refractivity contribution in [3.05, 3.63) is 36.0 Å². The molecule has 15 heavy (non-hydrogen) atoms. The number of imidazole rings is 1. The minimum atomic E-state index is 0.458. The zero-order chi connectivity index (χ0) is 10.8. The molecular formula is C11H13N3O. The summed E-state index contributed by atoms with van der Waals surface area (Å²) in [5, 5.41) is 0. The summed E-state index contributed by atoms with van der Waals surface area (Å²) in [5.74, 6) is 1.23. The second-order valence-corrected chi connectivity index (χ2v) is 3.48. The van der Waals surface area contributed by atoms with Crippen molar-refractivity contribution in [3.63, 3.8) is 0 Å². The molecule has 0 saturated heterocycles. The van der Waals surface area contributed by atoms with Crippen molar-refractivity contribution in [1.82, 2.24) is 9.55 Å². The molecule has 0 fully saturated rings. The van der Waals surface area contributed by atoms with E-state index in [0.29, 0.717) is 11.8 Å². The molecule has 4 nitrogen and oxygen atoms in total. The van der Waals surface area contributed by atoms with E-state index in [-0.39, 0.29) is 0 Å². The first-order chi connectivity index (χ1) is 7.15. The molecule has 0 radical (unpaired) electrons. The molecule has 0 unspecified atom stereocenters. The lowest BCUT2D eigenvalue weighted by Gasteiger charge is -2.04. The fourth-order valence-electron chi connectivity index (χ4n) is 1.35. The summed E-state index contributed by atoms with van der Waals surface area (Å²) in [6.45, 7) is 2.01. The normalized spacial score (nSPS) is 10.3. The Morgan fingerprint density at radius 3 is 2.80 bits per heavy atom. The van der Waals surface area contributed by atoms with Crippen LogP contribution in [0.3, 0.4) is 0 Å². The third-order valence-corrected chi connectivity index (χ3v) is 2.05. The van der Waals surface area contributed by atoms with Gasteiger partial charge in [-0.25, -0.2) is 0 Å². The van der Waals surface area contributed by atoms with Gasteiger partial charge in [0.05, 0.1) is 6.20 Å². The van der Waals surface area contributed by atoms with Crippen molar-refractivity contribution < 1.29 is 4.74 Å². The zero-order valence-corrected chi connectivity index (χ0v) is 8.77. The second-order valence-electron chi connectivity index (χ2n) is 3.48. The molecule has 0 aliphatic heterocycles. The number of nitrogens with zero attached hydrogens (tertiary/aromatic N) is 2. The first-order valence-corrected chi connectivity index (χ1v) is 4.68. The minimum absolute atomic E-state index is 0.458. The maximum Gasteiger partial charge on any atom is 0.303 e. The molecule has 4 heteroatoms. The van der Waals surface area contributed by atoms with Crippen LogP contribution in [0.4, 0.5) is 5.82 Å². The van der Waals surface area contributed by atoms with Gasteiger partial charge in [0.15, 0.2) is 0 Å². The Hall–Kier alpha value is -1.97. The standard InChI is InChI=1S/C11H13N3O/c1-8-4-3-5-9(6-8)15-11-13-10(12)7-14(11)2/h3-7H,12H2,1-2H3. The van der Waals surface area contributed by atoms with Crippen LogP contribution in [0.2, 0.25) is 0 Å². The highest BCUT2D eigenvalue weighted by Gasteiger charge is 2.04. The number of benzene rings is 1. The number of hydrogen-bond donors (Lipinski definition) is 1. The summed E-state index contributed by atoms with van der Waals surface area (Å²) in [6, 6.07) is 8.29. The molecule has 0 saturated carbocycles. The summed E-state index contributed by atoms with van der Waals surface area (Å²) in [4.78, 5) is 4.05. The Morgan fingerprint density at radius 1 is 1.40 bits per heavy atom. The van der Waals surface area contributed by atoms with Crippen LogP contribution in [0.15, 0.2) is 30.5 Å². The van der Waals surface area contributed by atoms with Crippen LogP contribution in [0, 0.1) is 6.92 Å². The van der Waals surface area contributed by atoms with E-state index in [9.17, 15) is 0 Å². The highest BCUT2D eigenvalue weighted by Crippen LogP contribution is 2.21. The van der Waals surface area contributed by atoms with Crippen LogP contribution in [-0.4, -0.2) is 9.55 Å². The van der Waals surface area contributed by atoms with Gasteiger partial charge in [-0.1, -0.05) is 12.1 Å². The number of ether oxygens (including phenoxy) is 1. The molecule has 0 amide bonds. The molecule has 1 aromatic carbocycles. The van der Waals surface area contributed by atoms with Crippen molar-refractivity contribution >= 4 is 5.82 Å². The third kappa shape index (κ3) is 2.10. The van der Waals surface area contributed by atoms with E-state index in [1.807, 2.05) is 38.2 Å². The van der Waals surface area contributed by atoms with Gasteiger partial charge in [0.1, 0.15) is 11.6 Å². The molecule has 1 heterocycles. The second kappa shape index (κ2) is 3.65. The zero-order valence-electron chi connectivity index (χ0n) is 8.77. The van der Waals surface area contributed by atoms with E-state index >= 15 is 0 Å². The van der Waals surface area contributed by atoms with E-state index in [2.05, 4.69) is 4.98 Å². The molecular weight excluding hydrogens is 190 g/mol. The van der Waals surface area contributed by atoms with Gasteiger partial charge in [0.2, 0.25) is 0 Å². The molecule has 2 N–H and O–H groups in total. The highest BCUT2D eigenvalue weighted by atomic mass is 16.5. The predicted octanol–water partition coefficient (Wildman–Crippen LogP) is 2.10. The number of nitrogen functional groups attached to an aromatic ring is 1. The van der Waals surface area contributed by atoms with E-state index in [1.54, 1.807) is 10.8 Å². The molecule has 0 atom stereocenters. The monoisotopic (exact) mass is 203 g/mol. The lowest BCUT2D eigenvalue weighted by Crippen LogP contribution is -1.93. The molecule has 0 spiro atoms. The van der Waals surface area contributed by atoms with Crippen LogP contribution in [0.25, 0.3) is 0 Å². The van der Waals surface area contributed by atoms with Gasteiger partial charge in [0.25, 0.3) is 0 Å². The number of aryl methyl sites for hydroxylation is 2. The van der Waals surface area contributed by atoms with Crippen LogP contribution >= 0.6 is 0 Å². The molecule has 78 valence electrons. The molecule has 0 bridgehead atoms. The van der Waals surface area contributed by atoms with Gasteiger partial charge in [-0.15, -0.1) is 0 Å². The highest BCUT2D eigenvalue weighted by molar-refractivity contribution is 5.33. The van der Waals surface area contributed by atoms with Gasteiger partial charge in [-0.3, -0.25) is 0 Å². The van der Waals surface area contributed by atoms with Gasteiger partial charge in [-0.2, -0.15) is 4.98 Å². The number of rotatable bonds is 2. The Labute approximate surface area is 88.3 Å². The minimum Gasteiger partial charge on any atom is -0.425 e. The van der Waals surface area contributed by atoms with E-state index in [1.165, 1.54) is 0 Å². The first-order valence-electron chi connectivity index (χ1n) is 4.68. The maximum atomic E-state index is 5.58. The van der Waals surface area contributed by atoms with Gasteiger partial charge in [-0.05, 0) is 24.6 Å². The van der Waals surface area contributed by atoms with Crippen LogP contribution in [0.5, 0.6) is 11.8 Å². The third-order valence-electron chi connectivity index (χ3n) is 2.05. The fourth-order valence-corrected chi connectivity index (χ4v) is 1.35. The molecule has 1 aromatic heterocycles. The largest absolute Gasteiger partial charge is 0.425 e. The molecule has 2 aromatic rings. The Balaban J connectivity index is 2.25. The van der Waals surface area contributed by atoms with E-state index in [0.717, 1.165) is 11.3 Å². The number of aromatic nitrogens is 2. The van der Waals surface area contributed by atoms with Crippen LogP contribution in [-0.2, 0) is 7.05 Å². The van der Waals surface area contributed by atoms with Crippen molar-refractivity contribution in [2.75, 3.05) is 5.73 Å². The predicted molar refractivity (Wildman–Crippen MR) is 58.9 cm³/mol. The maximum absolute atomic E-state index is 5.58. The summed E-state index contributed by atoms with van der Waals surface area (Å²) in [6.07, 6.45) is 1.71. The van der Waals surface area contributed by atoms with Crippen molar-refractivity contribution in [2.45, 2.75) is 6.92 Å². The van der Waals surface area contributed by atoms with Gasteiger partial charge in [0, 0.05) is 7.05 Å². The van der Waals surface area contributed by atoms with Crippen LogP contribution in [0.1, 0.15) is 5.56 Å². The average Bonchev–Trinajstić information content (AvgIpc) is 2.45. The number of anilines is 1. The van der Waals surface area contributed by atoms with Gasteiger partial charge >= 0.3 is 6.01 Å². The summed E-state index contributed by atoms with van der Waals surface area (Å²) < 4.78 is 7.33. The quantitative estimate of drug-likeness (QED) is 0.813. The summed E-state index contributed by atoms with van der Waals surface area (Å²) >= 11 is 0. The number of hydrogen-bond acceptors (Lipinski definition) is 3. The average molecular weight is 203 g/mol. The number of nitrogens with two attached hydrogens (primary N) is 1. The fraction of sp³-hybridized carbons (Fsp3) is 0.182. The molecule has 0 aliphatic carbocycles. The van der Waals surface area contributed by atoms with Crippen molar-refractivity contribution in [1.29, 1.82) is 0 Å². The molecule has 2 rings (SSSR count). The Morgan fingerprint density at radius 2 is 2.20 bits per heavy atom. The first kappa shape index (κ1) is 9.58. The topological polar surface area (TPSA) is 53.1 Å². The molecule has 0 aliphatic rings. The van der Waals surface area contributed by atoms with E-state index < -0.39 is 0 Å². The lowest BCUT2D eigenvalue weighted by atomic mass is 10.2. The van der Waals surface area contributed by atoms with Gasteiger partial charge < -0.3 is 15.0 Å². The van der Waals surface area contributed by atoms with Crippen molar-refractivity contribution in [3.8, 4) is 11.8 Å². The lowest BCUT2D eigenvalue weighted by molar-refractivity contribution is 0.425. The SMILES string of the molecule is Cc1cccc(Oc2nc(N)cn2C)c1. The summed E-state index contributed by atoms with van der Waals surface area (Å²) in [5.41, 5.74) is 6.70. The van der Waals surface area contributed by atoms with Crippen molar-refractivity contribution in [2.24, 2.45) is 7.05 Å². The Kier molecular flexibility index (Phi) is 2.33. The van der Waals surface area contributed by atoms with E-state index in [4.69, 9.17) is 10.5 Å². The summed E-state index contributed by atoms with van der Waals surface area (Å²) in [7, 11) is 1.84. The van der Waals surface area contributed by atoms with Crippen LogP contribution < -0.4 is 10.5 Å². The Bertz CT molecular complexity index is 476.